The van der Waals surface area contributed by atoms with E-state index >= 15 is 0 Å². The third kappa shape index (κ3) is 4.72. The predicted molar refractivity (Wildman–Crippen MR) is 76.3 cm³/mol. The molecule has 2 rings (SSSR count). The molecule has 2 aliphatic rings. The number of methoxy groups -OCH3 is 1. The average Bonchev–Trinajstić information content (AvgIpc) is 3.16. The van der Waals surface area contributed by atoms with Crippen LogP contribution in [0.3, 0.4) is 0 Å². The van der Waals surface area contributed by atoms with Gasteiger partial charge in [-0.1, -0.05) is 12.8 Å². The maximum Gasteiger partial charge on any atom is 0.328 e. The Bertz CT molecular complexity index is 400. The van der Waals surface area contributed by atoms with E-state index in [2.05, 4.69) is 10.6 Å². The van der Waals surface area contributed by atoms with Crippen LogP contribution in [0.4, 0.5) is 0 Å². The Balaban J connectivity index is 1.66. The van der Waals surface area contributed by atoms with Gasteiger partial charge in [0.1, 0.15) is 6.04 Å². The number of hydrogen-bond acceptors (Lipinski definition) is 4. The lowest BCUT2D eigenvalue weighted by Gasteiger charge is -2.16. The molecule has 0 aliphatic heterocycles. The van der Waals surface area contributed by atoms with Crippen molar-refractivity contribution in [3.05, 3.63) is 0 Å². The van der Waals surface area contributed by atoms with E-state index in [1.54, 1.807) is 0 Å². The predicted octanol–water partition coefficient (Wildman–Crippen LogP) is 0.751. The summed E-state index contributed by atoms with van der Waals surface area (Å²) in [6, 6.07) is -0.534. The average molecular weight is 296 g/mol. The normalized spacial score (nSPS) is 19.9. The van der Waals surface area contributed by atoms with Crippen LogP contribution < -0.4 is 10.6 Å². The van der Waals surface area contributed by atoms with Crippen molar-refractivity contribution in [1.82, 2.24) is 10.6 Å². The smallest absolute Gasteiger partial charge is 0.328 e. The third-order valence-electron chi connectivity index (χ3n) is 4.24. The molecule has 21 heavy (non-hydrogen) atoms. The number of amides is 2. The Morgan fingerprint density at radius 2 is 1.81 bits per heavy atom. The van der Waals surface area contributed by atoms with Gasteiger partial charge in [-0.25, -0.2) is 4.79 Å². The van der Waals surface area contributed by atoms with Crippen molar-refractivity contribution >= 4 is 17.8 Å². The van der Waals surface area contributed by atoms with Gasteiger partial charge in [-0.05, 0) is 31.6 Å². The van der Waals surface area contributed by atoms with Crippen LogP contribution in [0.25, 0.3) is 0 Å². The van der Waals surface area contributed by atoms with Gasteiger partial charge in [0.15, 0.2) is 0 Å². The molecular formula is C15H24N2O4. The maximum absolute atomic E-state index is 11.8. The lowest BCUT2D eigenvalue weighted by molar-refractivity contribution is -0.145. The topological polar surface area (TPSA) is 84.5 Å². The second-order valence-electron chi connectivity index (χ2n) is 5.93. The zero-order chi connectivity index (χ0) is 15.2. The van der Waals surface area contributed by atoms with E-state index < -0.39 is 6.04 Å². The van der Waals surface area contributed by atoms with Crippen molar-refractivity contribution in [3.8, 4) is 0 Å². The van der Waals surface area contributed by atoms with Crippen molar-refractivity contribution in [3.63, 3.8) is 0 Å². The van der Waals surface area contributed by atoms with E-state index in [0.29, 0.717) is 6.54 Å². The van der Waals surface area contributed by atoms with Gasteiger partial charge in [0.2, 0.25) is 11.8 Å². The number of nitrogens with one attached hydrogen (secondary N) is 2. The minimum atomic E-state index is -0.534. The Morgan fingerprint density at radius 3 is 2.38 bits per heavy atom. The van der Waals surface area contributed by atoms with Crippen LogP contribution in [0.1, 0.15) is 44.9 Å². The summed E-state index contributed by atoms with van der Waals surface area (Å²) < 4.78 is 4.70. The molecule has 0 heterocycles. The molecule has 0 unspecified atom stereocenters. The van der Waals surface area contributed by atoms with Gasteiger partial charge in [0, 0.05) is 18.9 Å². The Labute approximate surface area is 125 Å². The van der Waals surface area contributed by atoms with E-state index in [9.17, 15) is 14.4 Å². The van der Waals surface area contributed by atoms with Crippen LogP contribution >= 0.6 is 0 Å². The summed E-state index contributed by atoms with van der Waals surface area (Å²) in [5, 5.41) is 5.51. The molecule has 6 heteroatoms. The highest BCUT2D eigenvalue weighted by molar-refractivity contribution is 5.85. The molecule has 2 fully saturated rings. The highest BCUT2D eigenvalue weighted by Crippen LogP contribution is 2.33. The summed E-state index contributed by atoms with van der Waals surface area (Å²) in [6.07, 6.45) is 6.20. The molecule has 0 aromatic heterocycles. The van der Waals surface area contributed by atoms with Crippen molar-refractivity contribution in [2.45, 2.75) is 51.0 Å². The zero-order valence-corrected chi connectivity index (χ0v) is 12.5. The molecule has 2 amide bonds. The fourth-order valence-electron chi connectivity index (χ4n) is 2.80. The van der Waals surface area contributed by atoms with Crippen molar-refractivity contribution in [2.75, 3.05) is 13.7 Å². The third-order valence-corrected chi connectivity index (χ3v) is 4.24. The van der Waals surface area contributed by atoms with Crippen molar-refractivity contribution < 1.29 is 19.1 Å². The molecule has 0 spiro atoms. The van der Waals surface area contributed by atoms with Crippen LogP contribution in [-0.4, -0.2) is 37.5 Å². The Kier molecular flexibility index (Phi) is 5.59. The lowest BCUT2D eigenvalue weighted by Crippen LogP contribution is -2.44. The first-order chi connectivity index (χ1) is 10.1. The first-order valence-electron chi connectivity index (χ1n) is 7.76. The van der Waals surface area contributed by atoms with Gasteiger partial charge in [0.05, 0.1) is 7.11 Å². The molecule has 0 aromatic carbocycles. The molecule has 2 saturated carbocycles. The van der Waals surface area contributed by atoms with E-state index in [-0.39, 0.29) is 36.0 Å². The largest absolute Gasteiger partial charge is 0.467 e. The summed E-state index contributed by atoms with van der Waals surface area (Å²) in [7, 11) is 1.33. The number of carbonyl (C=O) groups is 3. The molecule has 0 saturated heterocycles. The first-order valence-corrected chi connectivity index (χ1v) is 7.76. The van der Waals surface area contributed by atoms with Gasteiger partial charge < -0.3 is 15.4 Å². The fourth-order valence-corrected chi connectivity index (χ4v) is 2.80. The number of rotatable bonds is 7. The standard InChI is InChI=1S/C15H24N2O4/c1-21-15(20)13(10-6-7-10)17-12(18)8-9-16-14(19)11-4-2-3-5-11/h10-11,13H,2-9H2,1H3,(H,16,19)(H,17,18)/t13-/m0/s1. The minimum absolute atomic E-state index is 0.0482. The van der Waals surface area contributed by atoms with E-state index in [1.165, 1.54) is 7.11 Å². The van der Waals surface area contributed by atoms with Gasteiger partial charge in [0.25, 0.3) is 0 Å². The first kappa shape index (κ1) is 15.8. The van der Waals surface area contributed by atoms with Gasteiger partial charge in [-0.3, -0.25) is 9.59 Å². The number of carbonyl (C=O) groups excluding carboxylic acids is 3. The van der Waals surface area contributed by atoms with E-state index in [0.717, 1.165) is 38.5 Å². The SMILES string of the molecule is COC(=O)[C@@H](NC(=O)CCNC(=O)C1CCCC1)C1CC1. The quantitative estimate of drug-likeness (QED) is 0.679. The molecule has 118 valence electrons. The summed E-state index contributed by atoms with van der Waals surface area (Å²) in [6.45, 7) is 0.319. The summed E-state index contributed by atoms with van der Waals surface area (Å²) >= 11 is 0. The summed E-state index contributed by atoms with van der Waals surface area (Å²) in [5.74, 6) is -0.242. The number of ether oxygens (including phenoxy) is 1. The van der Waals surface area contributed by atoms with Gasteiger partial charge in [-0.15, -0.1) is 0 Å². The Morgan fingerprint density at radius 1 is 1.14 bits per heavy atom. The van der Waals surface area contributed by atoms with Crippen LogP contribution in [0.2, 0.25) is 0 Å². The van der Waals surface area contributed by atoms with Crippen LogP contribution in [0.15, 0.2) is 0 Å². The van der Waals surface area contributed by atoms with Crippen LogP contribution in [0, 0.1) is 11.8 Å². The second-order valence-corrected chi connectivity index (χ2v) is 5.93. The summed E-state index contributed by atoms with van der Waals surface area (Å²) in [5.41, 5.74) is 0. The molecule has 2 N–H and O–H groups in total. The van der Waals surface area contributed by atoms with Crippen LogP contribution in [-0.2, 0) is 19.1 Å². The monoisotopic (exact) mass is 296 g/mol. The molecular weight excluding hydrogens is 272 g/mol. The van der Waals surface area contributed by atoms with Crippen molar-refractivity contribution in [2.24, 2.45) is 11.8 Å². The van der Waals surface area contributed by atoms with E-state index in [1.807, 2.05) is 0 Å². The Hall–Kier alpha value is -1.59. The highest BCUT2D eigenvalue weighted by Gasteiger charge is 2.37. The molecule has 0 bridgehead atoms. The number of hydrogen-bond donors (Lipinski definition) is 2. The highest BCUT2D eigenvalue weighted by atomic mass is 16.5. The fraction of sp³-hybridized carbons (Fsp3) is 0.800. The second kappa shape index (κ2) is 7.43. The summed E-state index contributed by atoms with van der Waals surface area (Å²) in [4.78, 5) is 35.2. The van der Waals surface area contributed by atoms with Crippen LogP contribution in [0.5, 0.6) is 0 Å². The molecule has 0 radical (unpaired) electrons. The van der Waals surface area contributed by atoms with E-state index in [4.69, 9.17) is 4.74 Å². The molecule has 2 aliphatic carbocycles. The van der Waals surface area contributed by atoms with Gasteiger partial charge >= 0.3 is 5.97 Å². The molecule has 1 atom stereocenters. The molecule has 6 nitrogen and oxygen atoms in total. The maximum atomic E-state index is 11.8. The minimum Gasteiger partial charge on any atom is -0.467 e. The number of esters is 1. The zero-order valence-electron chi connectivity index (χ0n) is 12.5. The lowest BCUT2D eigenvalue weighted by atomic mass is 10.1. The van der Waals surface area contributed by atoms with Crippen molar-refractivity contribution in [1.29, 1.82) is 0 Å². The molecule has 0 aromatic rings. The van der Waals surface area contributed by atoms with Gasteiger partial charge in [-0.2, -0.15) is 0 Å².